The number of benzene rings is 1. The van der Waals surface area contributed by atoms with Crippen LogP contribution in [-0.2, 0) is 0 Å². The van der Waals surface area contributed by atoms with Crippen molar-refractivity contribution in [2.24, 2.45) is 5.92 Å². The van der Waals surface area contributed by atoms with E-state index in [1.807, 2.05) is 12.1 Å². The predicted molar refractivity (Wildman–Crippen MR) is 88.5 cm³/mol. The van der Waals surface area contributed by atoms with Gasteiger partial charge in [-0.1, -0.05) is 0 Å². The summed E-state index contributed by atoms with van der Waals surface area (Å²) in [7, 11) is 0. The molecule has 5 heteroatoms. The minimum atomic E-state index is -0.0317. The van der Waals surface area contributed by atoms with Crippen molar-refractivity contribution in [3.8, 4) is 0 Å². The van der Waals surface area contributed by atoms with Crippen LogP contribution < -0.4 is 5.32 Å². The van der Waals surface area contributed by atoms with E-state index in [2.05, 4.69) is 52.6 Å². The minimum absolute atomic E-state index is 0.0317. The summed E-state index contributed by atoms with van der Waals surface area (Å²) in [5.74, 6) is 0.523. The Kier molecular flexibility index (Phi) is 5.52. The number of rotatable bonds is 4. The number of carbonyl (C=O) groups excluding carboxylic acids is 1. The molecule has 3 nitrogen and oxygen atoms in total. The van der Waals surface area contributed by atoms with Crippen molar-refractivity contribution in [1.82, 2.24) is 10.2 Å². The summed E-state index contributed by atoms with van der Waals surface area (Å²) in [4.78, 5) is 15.5. The lowest BCUT2D eigenvalue weighted by Gasteiger charge is -2.20. The van der Waals surface area contributed by atoms with Gasteiger partial charge < -0.3 is 10.2 Å². The fourth-order valence-corrected chi connectivity index (χ4v) is 3.15. The number of likely N-dealkylation sites (tertiary alicyclic amines) is 1. The lowest BCUT2D eigenvalue weighted by Crippen LogP contribution is -2.33. The molecule has 1 aromatic rings. The van der Waals surface area contributed by atoms with Crippen LogP contribution in [-0.4, -0.2) is 36.5 Å². The van der Waals surface area contributed by atoms with E-state index in [0.29, 0.717) is 17.5 Å². The number of carbonyl (C=O) groups is 1. The second-order valence-electron chi connectivity index (χ2n) is 5.62. The number of hydrogen-bond acceptors (Lipinski definition) is 3. The zero-order valence-corrected chi connectivity index (χ0v) is 14.4. The van der Waals surface area contributed by atoms with Gasteiger partial charge in [0.2, 0.25) is 0 Å². The molecule has 1 atom stereocenters. The molecule has 1 aliphatic rings. The third-order valence-corrected chi connectivity index (χ3v) is 4.76. The van der Waals surface area contributed by atoms with Crippen LogP contribution in [0.2, 0.25) is 0 Å². The van der Waals surface area contributed by atoms with Crippen molar-refractivity contribution >= 4 is 34.5 Å². The Morgan fingerprint density at radius 3 is 2.95 bits per heavy atom. The summed E-state index contributed by atoms with van der Waals surface area (Å²) >= 11 is 7.69. The maximum Gasteiger partial charge on any atom is 0.252 e. The smallest absolute Gasteiger partial charge is 0.252 e. The molecule has 1 aromatic carbocycles. The number of halogens is 1. The highest BCUT2D eigenvalue weighted by atomic mass is 79.9. The summed E-state index contributed by atoms with van der Waals surface area (Å²) in [5.41, 5.74) is 0.649. The van der Waals surface area contributed by atoms with Crippen molar-refractivity contribution in [3.05, 3.63) is 28.2 Å². The van der Waals surface area contributed by atoms with Gasteiger partial charge in [0.1, 0.15) is 0 Å². The van der Waals surface area contributed by atoms with Crippen LogP contribution in [0.15, 0.2) is 27.6 Å². The molecule has 1 amide bonds. The summed E-state index contributed by atoms with van der Waals surface area (Å²) in [6.07, 6.45) is 1.16. The first kappa shape index (κ1) is 15.9. The van der Waals surface area contributed by atoms with Gasteiger partial charge in [-0.05, 0) is 66.9 Å². The Bertz CT molecular complexity index is 493. The van der Waals surface area contributed by atoms with E-state index in [0.717, 1.165) is 35.4 Å². The van der Waals surface area contributed by atoms with E-state index in [1.165, 1.54) is 0 Å². The second-order valence-corrected chi connectivity index (χ2v) is 6.99. The minimum Gasteiger partial charge on any atom is -0.352 e. The van der Waals surface area contributed by atoms with E-state index in [9.17, 15) is 4.79 Å². The van der Waals surface area contributed by atoms with Crippen LogP contribution >= 0.6 is 28.6 Å². The van der Waals surface area contributed by atoms with Gasteiger partial charge in [-0.2, -0.15) is 0 Å². The molecule has 1 N–H and O–H groups in total. The SMILES string of the molecule is CC(C)N1CCC(CNC(=O)c2cc(S)ccc2Br)C1. The molecule has 2 rings (SSSR count). The Hall–Kier alpha value is -0.520. The van der Waals surface area contributed by atoms with E-state index in [4.69, 9.17) is 0 Å². The average Bonchev–Trinajstić information content (AvgIpc) is 2.88. The summed E-state index contributed by atoms with van der Waals surface area (Å²) in [6, 6.07) is 6.09. The van der Waals surface area contributed by atoms with Crippen LogP contribution in [0.5, 0.6) is 0 Å². The Morgan fingerprint density at radius 2 is 2.30 bits per heavy atom. The van der Waals surface area contributed by atoms with Gasteiger partial charge in [0.05, 0.1) is 5.56 Å². The third-order valence-electron chi connectivity index (χ3n) is 3.79. The molecule has 1 unspecified atom stereocenters. The molecule has 0 aliphatic carbocycles. The van der Waals surface area contributed by atoms with Crippen LogP contribution in [0.4, 0.5) is 0 Å². The molecular formula is C15H21BrN2OS. The first-order valence-corrected chi connectivity index (χ1v) is 8.22. The van der Waals surface area contributed by atoms with Gasteiger partial charge in [-0.3, -0.25) is 4.79 Å². The van der Waals surface area contributed by atoms with Crippen LogP contribution in [0, 0.1) is 5.92 Å². The lowest BCUT2D eigenvalue weighted by atomic mass is 10.1. The highest BCUT2D eigenvalue weighted by Gasteiger charge is 2.24. The maximum atomic E-state index is 12.2. The van der Waals surface area contributed by atoms with Gasteiger partial charge in [0.25, 0.3) is 5.91 Å². The van der Waals surface area contributed by atoms with Crippen molar-refractivity contribution in [2.45, 2.75) is 31.2 Å². The Morgan fingerprint density at radius 1 is 1.55 bits per heavy atom. The first-order valence-electron chi connectivity index (χ1n) is 6.98. The van der Waals surface area contributed by atoms with Gasteiger partial charge in [0.15, 0.2) is 0 Å². The van der Waals surface area contributed by atoms with Crippen LogP contribution in [0.3, 0.4) is 0 Å². The Balaban J connectivity index is 1.88. The molecule has 20 heavy (non-hydrogen) atoms. The van der Waals surface area contributed by atoms with Crippen LogP contribution in [0.1, 0.15) is 30.6 Å². The molecule has 110 valence electrons. The fourth-order valence-electron chi connectivity index (χ4n) is 2.52. The topological polar surface area (TPSA) is 32.3 Å². The van der Waals surface area contributed by atoms with Crippen molar-refractivity contribution in [3.63, 3.8) is 0 Å². The van der Waals surface area contributed by atoms with Gasteiger partial charge >= 0.3 is 0 Å². The standard InChI is InChI=1S/C15H21BrN2OS/c1-10(2)18-6-5-11(9-18)8-17-15(19)13-7-12(20)3-4-14(13)16/h3-4,7,10-11,20H,5-6,8-9H2,1-2H3,(H,17,19). The zero-order chi connectivity index (χ0) is 14.7. The Labute approximate surface area is 134 Å². The zero-order valence-electron chi connectivity index (χ0n) is 11.9. The normalized spacial score (nSPS) is 19.6. The van der Waals surface area contributed by atoms with Gasteiger partial charge in [0, 0.05) is 28.5 Å². The monoisotopic (exact) mass is 356 g/mol. The number of nitrogens with zero attached hydrogens (tertiary/aromatic N) is 1. The predicted octanol–water partition coefficient (Wildman–Crippen LogP) is 3.20. The molecule has 0 radical (unpaired) electrons. The van der Waals surface area contributed by atoms with Gasteiger partial charge in [-0.15, -0.1) is 12.6 Å². The largest absolute Gasteiger partial charge is 0.352 e. The quantitative estimate of drug-likeness (QED) is 0.812. The van der Waals surface area contributed by atoms with Gasteiger partial charge in [-0.25, -0.2) is 0 Å². The molecule has 0 bridgehead atoms. The van der Waals surface area contributed by atoms with E-state index >= 15 is 0 Å². The summed E-state index contributed by atoms with van der Waals surface area (Å²) < 4.78 is 0.808. The molecule has 0 spiro atoms. The van der Waals surface area contributed by atoms with E-state index < -0.39 is 0 Å². The molecule has 0 aromatic heterocycles. The molecule has 1 aliphatic heterocycles. The molecule has 0 saturated carbocycles. The molecule has 1 fully saturated rings. The number of amides is 1. The first-order chi connectivity index (χ1) is 9.47. The fraction of sp³-hybridized carbons (Fsp3) is 0.533. The second kappa shape index (κ2) is 6.96. The summed E-state index contributed by atoms with van der Waals surface area (Å²) in [6.45, 7) is 7.39. The lowest BCUT2D eigenvalue weighted by molar-refractivity contribution is 0.0946. The number of nitrogens with one attached hydrogen (secondary N) is 1. The van der Waals surface area contributed by atoms with Crippen molar-refractivity contribution in [2.75, 3.05) is 19.6 Å². The van der Waals surface area contributed by atoms with Crippen molar-refractivity contribution < 1.29 is 4.79 Å². The number of hydrogen-bond donors (Lipinski definition) is 2. The average molecular weight is 357 g/mol. The van der Waals surface area contributed by atoms with E-state index in [-0.39, 0.29) is 5.91 Å². The summed E-state index contributed by atoms with van der Waals surface area (Å²) in [5, 5.41) is 3.04. The third kappa shape index (κ3) is 3.99. The molecule has 1 saturated heterocycles. The number of thiol groups is 1. The maximum absolute atomic E-state index is 12.2. The highest BCUT2D eigenvalue weighted by Crippen LogP contribution is 2.21. The van der Waals surface area contributed by atoms with Crippen LogP contribution in [0.25, 0.3) is 0 Å². The van der Waals surface area contributed by atoms with E-state index in [1.54, 1.807) is 6.07 Å². The molecule has 1 heterocycles. The highest BCUT2D eigenvalue weighted by molar-refractivity contribution is 9.10. The van der Waals surface area contributed by atoms with Crippen molar-refractivity contribution in [1.29, 1.82) is 0 Å². The molecular weight excluding hydrogens is 336 g/mol.